The van der Waals surface area contributed by atoms with Gasteiger partial charge in [-0.05, 0) is 18.2 Å². The number of halogens is 2. The number of hydrogen-bond donors (Lipinski definition) is 2. The minimum Gasteiger partial charge on any atom is -0.322 e. The van der Waals surface area contributed by atoms with Crippen LogP contribution in [-0.2, 0) is 0 Å². The second-order valence-corrected chi connectivity index (χ2v) is 4.04. The smallest absolute Gasteiger partial charge is 0.257 e. The first kappa shape index (κ1) is 14.6. The van der Waals surface area contributed by atoms with Crippen LogP contribution in [0.2, 0.25) is 0 Å². The average molecular weight is 287 g/mol. The Labute approximate surface area is 120 Å². The Bertz CT molecular complexity index is 715. The van der Waals surface area contributed by atoms with E-state index in [2.05, 4.69) is 22.1 Å². The minimum atomic E-state index is -0.775. The van der Waals surface area contributed by atoms with Crippen LogP contribution in [0.1, 0.15) is 15.9 Å². The van der Waals surface area contributed by atoms with Crippen LogP contribution in [0.4, 0.5) is 14.5 Å². The van der Waals surface area contributed by atoms with E-state index in [1.54, 1.807) is 0 Å². The summed E-state index contributed by atoms with van der Waals surface area (Å²) in [6.07, 6.45) is 2.85. The van der Waals surface area contributed by atoms with E-state index in [1.807, 2.05) is 0 Å². The van der Waals surface area contributed by atoms with Gasteiger partial charge in [0.2, 0.25) is 0 Å². The molecule has 0 aliphatic heterocycles. The first-order valence-corrected chi connectivity index (χ1v) is 6.00. The molecule has 0 fully saturated rings. The molecule has 0 aliphatic carbocycles. The highest BCUT2D eigenvalue weighted by Gasteiger charge is 2.11. The van der Waals surface area contributed by atoms with Crippen LogP contribution < -0.4 is 11.1 Å². The van der Waals surface area contributed by atoms with Crippen molar-refractivity contribution in [2.75, 3.05) is 11.9 Å². The Morgan fingerprint density at radius 1 is 1.29 bits per heavy atom. The van der Waals surface area contributed by atoms with Crippen LogP contribution in [0.15, 0.2) is 36.7 Å². The van der Waals surface area contributed by atoms with Crippen molar-refractivity contribution in [3.05, 3.63) is 59.4 Å². The number of nitrogens with one attached hydrogen (secondary N) is 1. The number of anilines is 1. The van der Waals surface area contributed by atoms with Crippen LogP contribution in [0.3, 0.4) is 0 Å². The summed E-state index contributed by atoms with van der Waals surface area (Å²) < 4.78 is 26.2. The SMILES string of the molecule is NCC#Cc1cnccc1C(=O)Nc1cc(F)cc(F)c1. The van der Waals surface area contributed by atoms with E-state index in [4.69, 9.17) is 5.73 Å². The summed E-state index contributed by atoms with van der Waals surface area (Å²) in [7, 11) is 0. The van der Waals surface area contributed by atoms with Crippen molar-refractivity contribution in [1.29, 1.82) is 0 Å². The third-order valence-electron chi connectivity index (χ3n) is 2.51. The summed E-state index contributed by atoms with van der Waals surface area (Å²) in [5.41, 5.74) is 5.93. The summed E-state index contributed by atoms with van der Waals surface area (Å²) in [5, 5.41) is 2.41. The maximum Gasteiger partial charge on any atom is 0.257 e. The summed E-state index contributed by atoms with van der Waals surface area (Å²) in [5.74, 6) is 3.25. The van der Waals surface area contributed by atoms with Crippen LogP contribution in [-0.4, -0.2) is 17.4 Å². The summed E-state index contributed by atoms with van der Waals surface area (Å²) >= 11 is 0. The molecule has 0 unspecified atom stereocenters. The molecule has 0 saturated carbocycles. The fourth-order valence-electron chi connectivity index (χ4n) is 1.66. The lowest BCUT2D eigenvalue weighted by Crippen LogP contribution is -2.14. The van der Waals surface area contributed by atoms with E-state index >= 15 is 0 Å². The van der Waals surface area contributed by atoms with Gasteiger partial charge >= 0.3 is 0 Å². The number of hydrogen-bond acceptors (Lipinski definition) is 3. The Hall–Kier alpha value is -2.78. The van der Waals surface area contributed by atoms with Crippen molar-refractivity contribution in [3.63, 3.8) is 0 Å². The summed E-state index contributed by atoms with van der Waals surface area (Å²) in [4.78, 5) is 16.0. The van der Waals surface area contributed by atoms with Crippen molar-refractivity contribution >= 4 is 11.6 Å². The summed E-state index contributed by atoms with van der Waals surface area (Å²) in [6.45, 7) is 0.144. The van der Waals surface area contributed by atoms with Gasteiger partial charge in [-0.2, -0.15) is 0 Å². The lowest BCUT2D eigenvalue weighted by Gasteiger charge is -2.07. The van der Waals surface area contributed by atoms with Crippen molar-refractivity contribution in [2.24, 2.45) is 5.73 Å². The number of nitrogens with two attached hydrogens (primary N) is 1. The monoisotopic (exact) mass is 287 g/mol. The molecule has 1 amide bonds. The molecule has 21 heavy (non-hydrogen) atoms. The molecule has 0 atom stereocenters. The zero-order valence-corrected chi connectivity index (χ0v) is 10.9. The zero-order valence-electron chi connectivity index (χ0n) is 10.9. The third kappa shape index (κ3) is 3.84. The predicted octanol–water partition coefficient (Wildman–Crippen LogP) is 1.92. The molecule has 0 spiro atoms. The lowest BCUT2D eigenvalue weighted by molar-refractivity contribution is 0.102. The molecule has 2 rings (SSSR count). The standard InChI is InChI=1S/C15H11F2N3O/c16-11-6-12(17)8-13(7-11)20-15(21)14-3-5-19-9-10(14)2-1-4-18/h3,5-9H,4,18H2,(H,20,21). The number of benzene rings is 1. The van der Waals surface area contributed by atoms with Crippen LogP contribution in [0.5, 0.6) is 0 Å². The van der Waals surface area contributed by atoms with Gasteiger partial charge in [-0.1, -0.05) is 11.8 Å². The van der Waals surface area contributed by atoms with E-state index in [-0.39, 0.29) is 17.8 Å². The summed E-state index contributed by atoms with van der Waals surface area (Å²) in [6, 6.07) is 4.23. The molecule has 0 radical (unpaired) electrons. The molecule has 1 heterocycles. The molecule has 0 aliphatic rings. The third-order valence-corrected chi connectivity index (χ3v) is 2.51. The molecular weight excluding hydrogens is 276 g/mol. The minimum absolute atomic E-state index is 0.0204. The number of rotatable bonds is 2. The Balaban J connectivity index is 2.28. The van der Waals surface area contributed by atoms with Gasteiger partial charge < -0.3 is 11.1 Å². The maximum atomic E-state index is 13.1. The van der Waals surface area contributed by atoms with Crippen LogP contribution >= 0.6 is 0 Å². The Morgan fingerprint density at radius 2 is 2.00 bits per heavy atom. The van der Waals surface area contributed by atoms with E-state index in [1.165, 1.54) is 18.5 Å². The molecule has 1 aromatic heterocycles. The maximum absolute atomic E-state index is 13.1. The van der Waals surface area contributed by atoms with Crippen molar-refractivity contribution < 1.29 is 13.6 Å². The molecule has 0 saturated heterocycles. The Kier molecular flexibility index (Phi) is 4.59. The molecule has 4 nitrogen and oxygen atoms in total. The number of pyridine rings is 1. The molecule has 106 valence electrons. The van der Waals surface area contributed by atoms with Gasteiger partial charge in [0.05, 0.1) is 17.7 Å². The first-order valence-electron chi connectivity index (χ1n) is 6.00. The van der Waals surface area contributed by atoms with Gasteiger partial charge in [0.1, 0.15) is 11.6 Å². The predicted molar refractivity (Wildman–Crippen MR) is 74.5 cm³/mol. The van der Waals surface area contributed by atoms with Crippen LogP contribution in [0, 0.1) is 23.5 Å². The van der Waals surface area contributed by atoms with E-state index in [9.17, 15) is 13.6 Å². The highest BCUT2D eigenvalue weighted by atomic mass is 19.1. The molecule has 3 N–H and O–H groups in total. The van der Waals surface area contributed by atoms with Gasteiger partial charge in [-0.25, -0.2) is 8.78 Å². The molecule has 2 aromatic rings. The van der Waals surface area contributed by atoms with E-state index in [0.29, 0.717) is 5.56 Å². The molecule has 0 bridgehead atoms. The van der Waals surface area contributed by atoms with Gasteiger partial charge in [0.15, 0.2) is 0 Å². The van der Waals surface area contributed by atoms with Gasteiger partial charge in [-0.3, -0.25) is 9.78 Å². The van der Waals surface area contributed by atoms with Crippen molar-refractivity contribution in [2.45, 2.75) is 0 Å². The molecular formula is C15H11F2N3O. The average Bonchev–Trinajstić information content (AvgIpc) is 2.44. The second-order valence-electron chi connectivity index (χ2n) is 4.04. The van der Waals surface area contributed by atoms with Gasteiger partial charge in [0.25, 0.3) is 5.91 Å². The Morgan fingerprint density at radius 3 is 2.67 bits per heavy atom. The quantitative estimate of drug-likeness (QED) is 0.829. The normalized spacial score (nSPS) is 9.67. The topological polar surface area (TPSA) is 68.0 Å². The highest BCUT2D eigenvalue weighted by molar-refractivity contribution is 6.05. The number of nitrogens with zero attached hydrogens (tertiary/aromatic N) is 1. The van der Waals surface area contributed by atoms with E-state index in [0.717, 1.165) is 18.2 Å². The van der Waals surface area contributed by atoms with Gasteiger partial charge in [-0.15, -0.1) is 0 Å². The van der Waals surface area contributed by atoms with E-state index < -0.39 is 17.5 Å². The first-order chi connectivity index (χ1) is 10.1. The van der Waals surface area contributed by atoms with Crippen molar-refractivity contribution in [1.82, 2.24) is 4.98 Å². The fraction of sp³-hybridized carbons (Fsp3) is 0.0667. The number of amides is 1. The van der Waals surface area contributed by atoms with Crippen LogP contribution in [0.25, 0.3) is 0 Å². The molecule has 1 aromatic carbocycles. The fourth-order valence-corrected chi connectivity index (χ4v) is 1.66. The number of carbonyl (C=O) groups is 1. The highest BCUT2D eigenvalue weighted by Crippen LogP contribution is 2.15. The largest absolute Gasteiger partial charge is 0.322 e. The second kappa shape index (κ2) is 6.59. The van der Waals surface area contributed by atoms with Gasteiger partial charge in [0, 0.05) is 24.1 Å². The number of aromatic nitrogens is 1. The number of carbonyl (C=O) groups excluding carboxylic acids is 1. The lowest BCUT2D eigenvalue weighted by atomic mass is 10.1. The zero-order chi connectivity index (χ0) is 15.2. The molecule has 6 heteroatoms. The van der Waals surface area contributed by atoms with Crippen molar-refractivity contribution in [3.8, 4) is 11.8 Å².